The number of nitrogens with zero attached hydrogens (tertiary/aromatic N) is 4. The number of hydrogen-bond acceptors (Lipinski definition) is 6. The van der Waals surface area contributed by atoms with Crippen molar-refractivity contribution in [3.63, 3.8) is 0 Å². The fourth-order valence-corrected chi connectivity index (χ4v) is 4.81. The van der Waals surface area contributed by atoms with Crippen molar-refractivity contribution in [2.45, 2.75) is 26.8 Å². The van der Waals surface area contributed by atoms with E-state index in [-0.39, 0.29) is 11.5 Å². The molecule has 0 bridgehead atoms. The summed E-state index contributed by atoms with van der Waals surface area (Å²) in [6.45, 7) is 7.20. The molecule has 1 aliphatic rings. The van der Waals surface area contributed by atoms with Gasteiger partial charge in [-0.2, -0.15) is 0 Å². The molecule has 1 aromatic carbocycles. The Hall–Kier alpha value is -2.87. The van der Waals surface area contributed by atoms with Crippen molar-refractivity contribution in [3.05, 3.63) is 51.4 Å². The molecule has 1 amide bonds. The molecular weight excluding hydrogens is 400 g/mol. The lowest BCUT2D eigenvalue weighted by Gasteiger charge is -2.36. The van der Waals surface area contributed by atoms with Gasteiger partial charge in [-0.15, -0.1) is 11.3 Å². The molecule has 2 aromatic heterocycles. The molecule has 1 fully saturated rings. The average Bonchev–Trinajstić information content (AvgIpc) is 3.07. The summed E-state index contributed by atoms with van der Waals surface area (Å²) >= 11 is 1.54. The highest BCUT2D eigenvalue weighted by molar-refractivity contribution is 7.18. The average molecular weight is 427 g/mol. The van der Waals surface area contributed by atoms with Crippen LogP contribution in [0.25, 0.3) is 10.2 Å². The Morgan fingerprint density at radius 2 is 1.97 bits per heavy atom. The molecule has 0 radical (unpaired) electrons. The summed E-state index contributed by atoms with van der Waals surface area (Å²) in [5, 5.41) is 0.680. The molecule has 4 rings (SSSR count). The molecular formula is C22H26N4O3S. The summed E-state index contributed by atoms with van der Waals surface area (Å²) < 4.78 is 6.86. The number of hydrogen-bond donors (Lipinski definition) is 0. The number of rotatable bonds is 5. The van der Waals surface area contributed by atoms with Gasteiger partial charge in [-0.05, 0) is 31.5 Å². The smallest absolute Gasteiger partial charge is 0.262 e. The van der Waals surface area contributed by atoms with Crippen LogP contribution >= 0.6 is 11.3 Å². The van der Waals surface area contributed by atoms with Crippen molar-refractivity contribution in [2.75, 3.05) is 38.2 Å². The lowest BCUT2D eigenvalue weighted by molar-refractivity contribution is -0.131. The van der Waals surface area contributed by atoms with Crippen LogP contribution in [0.15, 0.2) is 35.4 Å². The number of piperazine rings is 1. The number of fused-ring (bicyclic) bond motifs is 1. The zero-order valence-electron chi connectivity index (χ0n) is 17.6. The zero-order chi connectivity index (χ0) is 21.3. The maximum atomic E-state index is 12.8. The number of amides is 1. The number of aryl methyl sites for hydroxylation is 3. The van der Waals surface area contributed by atoms with Crippen molar-refractivity contribution in [3.8, 4) is 5.75 Å². The monoisotopic (exact) mass is 426 g/mol. The van der Waals surface area contributed by atoms with E-state index < -0.39 is 0 Å². The van der Waals surface area contributed by atoms with Crippen LogP contribution in [0.4, 0.5) is 5.69 Å². The van der Waals surface area contributed by atoms with E-state index in [1.807, 2.05) is 36.9 Å². The largest absolute Gasteiger partial charge is 0.497 e. The first-order valence-corrected chi connectivity index (χ1v) is 10.9. The van der Waals surface area contributed by atoms with E-state index in [9.17, 15) is 9.59 Å². The minimum Gasteiger partial charge on any atom is -0.497 e. The Bertz CT molecular complexity index is 1130. The number of benzene rings is 1. The fraction of sp³-hybridized carbons (Fsp3) is 0.409. The fourth-order valence-electron chi connectivity index (χ4n) is 3.82. The highest BCUT2D eigenvalue weighted by atomic mass is 32.1. The first-order valence-electron chi connectivity index (χ1n) is 10.1. The molecule has 3 aromatic rings. The van der Waals surface area contributed by atoms with Crippen molar-refractivity contribution in [1.82, 2.24) is 14.5 Å². The summed E-state index contributed by atoms with van der Waals surface area (Å²) in [7, 11) is 1.66. The van der Waals surface area contributed by atoms with E-state index >= 15 is 0 Å². The third-order valence-electron chi connectivity index (χ3n) is 5.77. The van der Waals surface area contributed by atoms with Gasteiger partial charge in [0.05, 0.1) is 18.8 Å². The summed E-state index contributed by atoms with van der Waals surface area (Å²) in [5.74, 6) is 0.906. The minimum absolute atomic E-state index is 0.0579. The van der Waals surface area contributed by atoms with Crippen LogP contribution in [0.3, 0.4) is 0 Å². The molecule has 8 heteroatoms. The van der Waals surface area contributed by atoms with E-state index in [1.54, 1.807) is 18.0 Å². The molecule has 0 atom stereocenters. The van der Waals surface area contributed by atoms with Crippen molar-refractivity contribution in [1.29, 1.82) is 0 Å². The highest BCUT2D eigenvalue weighted by Gasteiger charge is 2.22. The van der Waals surface area contributed by atoms with Gasteiger partial charge in [0.25, 0.3) is 5.56 Å². The summed E-state index contributed by atoms with van der Waals surface area (Å²) in [5.41, 5.74) is 2.04. The Morgan fingerprint density at radius 1 is 1.20 bits per heavy atom. The lowest BCUT2D eigenvalue weighted by Crippen LogP contribution is -2.49. The number of thiophene rings is 1. The molecule has 0 aliphatic carbocycles. The van der Waals surface area contributed by atoms with Gasteiger partial charge in [0.15, 0.2) is 0 Å². The number of methoxy groups -OCH3 is 1. The van der Waals surface area contributed by atoms with Crippen molar-refractivity contribution >= 4 is 33.1 Å². The van der Waals surface area contributed by atoms with Gasteiger partial charge in [-0.1, -0.05) is 6.07 Å². The van der Waals surface area contributed by atoms with Crippen LogP contribution in [-0.4, -0.2) is 53.6 Å². The van der Waals surface area contributed by atoms with Crippen LogP contribution in [0.5, 0.6) is 5.75 Å². The maximum Gasteiger partial charge on any atom is 0.262 e. The van der Waals surface area contributed by atoms with E-state index in [4.69, 9.17) is 4.74 Å². The minimum atomic E-state index is -0.0579. The molecule has 3 heterocycles. The Kier molecular flexibility index (Phi) is 5.76. The van der Waals surface area contributed by atoms with E-state index in [0.29, 0.717) is 31.4 Å². The summed E-state index contributed by atoms with van der Waals surface area (Å²) in [4.78, 5) is 35.9. The van der Waals surface area contributed by atoms with E-state index in [2.05, 4.69) is 16.0 Å². The molecule has 158 valence electrons. The molecule has 1 aliphatic heterocycles. The van der Waals surface area contributed by atoms with Crippen LogP contribution in [0.2, 0.25) is 0 Å². The van der Waals surface area contributed by atoms with Gasteiger partial charge < -0.3 is 14.5 Å². The topological polar surface area (TPSA) is 67.7 Å². The third-order valence-corrected chi connectivity index (χ3v) is 6.89. The maximum absolute atomic E-state index is 12.8. The van der Waals surface area contributed by atoms with E-state index in [1.165, 1.54) is 11.3 Å². The highest BCUT2D eigenvalue weighted by Crippen LogP contribution is 2.25. The van der Waals surface area contributed by atoms with Gasteiger partial charge in [-0.3, -0.25) is 14.2 Å². The van der Waals surface area contributed by atoms with Crippen LogP contribution < -0.4 is 15.2 Å². The molecule has 0 saturated carbocycles. The van der Waals surface area contributed by atoms with Crippen LogP contribution in [-0.2, 0) is 11.3 Å². The number of carbonyl (C=O) groups is 1. The number of aromatic nitrogens is 2. The molecule has 1 saturated heterocycles. The lowest BCUT2D eigenvalue weighted by atomic mass is 10.2. The van der Waals surface area contributed by atoms with Gasteiger partial charge in [0.2, 0.25) is 5.91 Å². The zero-order valence-corrected chi connectivity index (χ0v) is 18.4. The van der Waals surface area contributed by atoms with Crippen molar-refractivity contribution < 1.29 is 9.53 Å². The number of ether oxygens (including phenoxy) is 1. The van der Waals surface area contributed by atoms with Crippen molar-refractivity contribution in [2.24, 2.45) is 0 Å². The second-order valence-electron chi connectivity index (χ2n) is 7.53. The van der Waals surface area contributed by atoms with Gasteiger partial charge in [-0.25, -0.2) is 4.98 Å². The Labute approximate surface area is 179 Å². The SMILES string of the molecule is COc1cccc(N2CCN(C(=O)CCn3cnc4sc(C)c(C)c4c3=O)CC2)c1. The predicted molar refractivity (Wildman–Crippen MR) is 120 cm³/mol. The molecule has 0 N–H and O–H groups in total. The van der Waals surface area contributed by atoms with Crippen LogP contribution in [0.1, 0.15) is 16.9 Å². The second-order valence-corrected chi connectivity index (χ2v) is 8.73. The van der Waals surface area contributed by atoms with Gasteiger partial charge in [0.1, 0.15) is 10.6 Å². The van der Waals surface area contributed by atoms with Gasteiger partial charge in [0, 0.05) is 55.8 Å². The summed E-state index contributed by atoms with van der Waals surface area (Å²) in [6.07, 6.45) is 1.86. The van der Waals surface area contributed by atoms with E-state index in [0.717, 1.165) is 39.8 Å². The van der Waals surface area contributed by atoms with Gasteiger partial charge >= 0.3 is 0 Å². The molecule has 0 spiro atoms. The standard InChI is InChI=1S/C22H26N4O3S/c1-15-16(2)30-21-20(15)22(28)26(14-23-21)8-7-19(27)25-11-9-24(10-12-25)17-5-4-6-18(13-17)29-3/h4-6,13-14H,7-12H2,1-3H3. The number of carbonyl (C=O) groups excluding carboxylic acids is 1. The first kappa shape index (κ1) is 20.4. The molecule has 0 unspecified atom stereocenters. The Morgan fingerprint density at radius 3 is 2.70 bits per heavy atom. The second kappa shape index (κ2) is 8.47. The third kappa shape index (κ3) is 3.92. The quantitative estimate of drug-likeness (QED) is 0.628. The van der Waals surface area contributed by atoms with Crippen LogP contribution in [0, 0.1) is 13.8 Å². The normalized spacial score (nSPS) is 14.4. The summed E-state index contributed by atoms with van der Waals surface area (Å²) in [6, 6.07) is 7.98. The Balaban J connectivity index is 1.36. The number of anilines is 1. The predicted octanol–water partition coefficient (Wildman–Crippen LogP) is 2.82. The molecule has 30 heavy (non-hydrogen) atoms. The first-order chi connectivity index (χ1) is 14.5. The molecule has 7 nitrogen and oxygen atoms in total.